The monoisotopic (exact) mass is 319 g/mol. The number of nitrogens with zero attached hydrogens (tertiary/aromatic N) is 3. The average Bonchev–Trinajstić information content (AvgIpc) is 3.03. The first-order valence-corrected chi connectivity index (χ1v) is 7.59. The molecule has 1 unspecified atom stereocenters. The number of halogens is 1. The van der Waals surface area contributed by atoms with Crippen LogP contribution in [0.1, 0.15) is 37.4 Å². The number of para-hydroxylation sites is 1. The molecule has 1 fully saturated rings. The first-order chi connectivity index (χ1) is 11.1. The molecule has 1 aliphatic rings. The van der Waals surface area contributed by atoms with Gasteiger partial charge in [-0.3, -0.25) is 4.79 Å². The van der Waals surface area contributed by atoms with Gasteiger partial charge in [0, 0.05) is 20.0 Å². The number of hydrogen-bond donors (Lipinski definition) is 0. The number of hydrogen-bond acceptors (Lipinski definition) is 5. The molecule has 0 saturated carbocycles. The van der Waals surface area contributed by atoms with E-state index in [1.807, 2.05) is 0 Å². The Kier molecular flexibility index (Phi) is 4.55. The fraction of sp³-hybridized carbons (Fsp3) is 0.438. The molecular weight excluding hydrogens is 301 g/mol. The molecule has 2 aromatic rings. The van der Waals surface area contributed by atoms with Crippen LogP contribution in [-0.2, 0) is 11.4 Å². The van der Waals surface area contributed by atoms with Gasteiger partial charge in [0.1, 0.15) is 0 Å². The van der Waals surface area contributed by atoms with Crippen molar-refractivity contribution in [1.82, 2.24) is 15.0 Å². The van der Waals surface area contributed by atoms with Crippen molar-refractivity contribution in [3.8, 4) is 5.75 Å². The second-order valence-corrected chi connectivity index (χ2v) is 5.57. The van der Waals surface area contributed by atoms with Crippen LogP contribution in [-0.4, -0.2) is 34.0 Å². The van der Waals surface area contributed by atoms with E-state index in [-0.39, 0.29) is 24.2 Å². The lowest BCUT2D eigenvalue weighted by Crippen LogP contribution is -2.37. The third-order valence-corrected chi connectivity index (χ3v) is 3.89. The van der Waals surface area contributed by atoms with Gasteiger partial charge in [0.05, 0.1) is 5.92 Å². The molecular formula is C16H18FN3O3. The number of amides is 1. The minimum Gasteiger partial charge on any atom is -0.482 e. The minimum absolute atomic E-state index is 0.0353. The molecule has 1 aromatic heterocycles. The smallest absolute Gasteiger partial charge is 0.231 e. The summed E-state index contributed by atoms with van der Waals surface area (Å²) in [7, 11) is 0. The highest BCUT2D eigenvalue weighted by molar-refractivity contribution is 5.73. The van der Waals surface area contributed by atoms with Gasteiger partial charge in [-0.25, -0.2) is 4.39 Å². The summed E-state index contributed by atoms with van der Waals surface area (Å²) >= 11 is 0. The average molecular weight is 319 g/mol. The molecule has 3 rings (SSSR count). The lowest BCUT2D eigenvalue weighted by atomic mass is 9.98. The zero-order valence-corrected chi connectivity index (χ0v) is 12.9. The molecule has 122 valence electrons. The summed E-state index contributed by atoms with van der Waals surface area (Å²) in [6.45, 7) is 2.95. The molecule has 23 heavy (non-hydrogen) atoms. The maximum absolute atomic E-state index is 13.5. The quantitative estimate of drug-likeness (QED) is 0.866. The molecule has 1 aliphatic heterocycles. The number of ether oxygens (including phenoxy) is 1. The lowest BCUT2D eigenvalue weighted by Gasteiger charge is -2.29. The first-order valence-electron chi connectivity index (χ1n) is 7.59. The van der Waals surface area contributed by atoms with Crippen LogP contribution in [0.4, 0.5) is 4.39 Å². The number of aromatic nitrogens is 2. The number of benzene rings is 1. The maximum Gasteiger partial charge on any atom is 0.231 e. The predicted octanol–water partition coefficient (Wildman–Crippen LogP) is 2.51. The Morgan fingerprint density at radius 2 is 2.30 bits per heavy atom. The highest BCUT2D eigenvalue weighted by Gasteiger charge is 2.27. The highest BCUT2D eigenvalue weighted by atomic mass is 19.1. The Labute approximate surface area is 133 Å². The van der Waals surface area contributed by atoms with Crippen molar-refractivity contribution >= 4 is 5.91 Å². The molecule has 1 amide bonds. The molecule has 1 atom stereocenters. The summed E-state index contributed by atoms with van der Waals surface area (Å²) in [5.74, 6) is 0.686. The van der Waals surface area contributed by atoms with Crippen LogP contribution in [0, 0.1) is 5.82 Å². The van der Waals surface area contributed by atoms with Gasteiger partial charge in [-0.05, 0) is 25.0 Å². The number of likely N-dealkylation sites (tertiary alicyclic amines) is 1. The van der Waals surface area contributed by atoms with Gasteiger partial charge in [-0.2, -0.15) is 4.98 Å². The van der Waals surface area contributed by atoms with Gasteiger partial charge in [0.15, 0.2) is 18.2 Å². The molecule has 7 heteroatoms. The van der Waals surface area contributed by atoms with Crippen LogP contribution in [0.25, 0.3) is 0 Å². The second kappa shape index (κ2) is 6.76. The van der Waals surface area contributed by atoms with Crippen molar-refractivity contribution in [2.45, 2.75) is 32.3 Å². The Morgan fingerprint density at radius 3 is 3.09 bits per heavy atom. The summed E-state index contributed by atoms with van der Waals surface area (Å²) in [5, 5.41) is 3.87. The van der Waals surface area contributed by atoms with Crippen molar-refractivity contribution < 1.29 is 18.4 Å². The lowest BCUT2D eigenvalue weighted by molar-refractivity contribution is -0.130. The molecule has 2 heterocycles. The summed E-state index contributed by atoms with van der Waals surface area (Å²) < 4.78 is 24.1. The highest BCUT2D eigenvalue weighted by Crippen LogP contribution is 2.26. The topological polar surface area (TPSA) is 68.5 Å². The molecule has 0 spiro atoms. The zero-order chi connectivity index (χ0) is 16.2. The van der Waals surface area contributed by atoms with E-state index >= 15 is 0 Å². The molecule has 1 saturated heterocycles. The largest absolute Gasteiger partial charge is 0.482 e. The third kappa shape index (κ3) is 3.67. The van der Waals surface area contributed by atoms with Crippen LogP contribution in [0.3, 0.4) is 0 Å². The summed E-state index contributed by atoms with van der Waals surface area (Å²) in [4.78, 5) is 17.6. The Hall–Kier alpha value is -2.44. The molecule has 0 radical (unpaired) electrons. The van der Waals surface area contributed by atoms with Crippen molar-refractivity contribution in [2.75, 3.05) is 13.1 Å². The van der Waals surface area contributed by atoms with E-state index in [1.165, 1.54) is 6.07 Å². The number of rotatable bonds is 4. The minimum atomic E-state index is -0.430. The van der Waals surface area contributed by atoms with Crippen LogP contribution in [0.5, 0.6) is 5.75 Å². The molecule has 1 aromatic carbocycles. The Morgan fingerprint density at radius 1 is 1.48 bits per heavy atom. The molecule has 0 bridgehead atoms. The SMILES string of the molecule is CC(=O)N1CCCC(c2nc(COc3ccccc3F)no2)C1. The maximum atomic E-state index is 13.5. The predicted molar refractivity (Wildman–Crippen MR) is 79.3 cm³/mol. The second-order valence-electron chi connectivity index (χ2n) is 5.57. The number of piperidine rings is 1. The Balaban J connectivity index is 1.62. The van der Waals surface area contributed by atoms with Crippen molar-refractivity contribution in [2.24, 2.45) is 0 Å². The van der Waals surface area contributed by atoms with Gasteiger partial charge < -0.3 is 14.2 Å². The van der Waals surface area contributed by atoms with Crippen molar-refractivity contribution in [3.63, 3.8) is 0 Å². The van der Waals surface area contributed by atoms with E-state index in [2.05, 4.69) is 10.1 Å². The standard InChI is InChI=1S/C16H18FN3O3/c1-11(21)20-8-4-5-12(9-20)16-18-15(19-23-16)10-22-14-7-3-2-6-13(14)17/h2-3,6-7,12H,4-5,8-10H2,1H3. The van der Waals surface area contributed by atoms with Crippen molar-refractivity contribution in [1.29, 1.82) is 0 Å². The fourth-order valence-corrected chi connectivity index (χ4v) is 2.66. The van der Waals surface area contributed by atoms with Gasteiger partial charge in [-0.1, -0.05) is 17.3 Å². The molecule has 0 N–H and O–H groups in total. The number of carbonyl (C=O) groups excluding carboxylic acids is 1. The number of carbonyl (C=O) groups is 1. The van der Waals surface area contributed by atoms with Gasteiger partial charge in [0.25, 0.3) is 0 Å². The normalized spacial score (nSPS) is 18.0. The summed E-state index contributed by atoms with van der Waals surface area (Å²) in [6.07, 6.45) is 1.81. The third-order valence-electron chi connectivity index (χ3n) is 3.89. The molecule has 6 nitrogen and oxygen atoms in total. The van der Waals surface area contributed by atoms with E-state index < -0.39 is 5.82 Å². The van der Waals surface area contributed by atoms with Gasteiger partial charge in [-0.15, -0.1) is 0 Å². The zero-order valence-electron chi connectivity index (χ0n) is 12.9. The van der Waals surface area contributed by atoms with Crippen LogP contribution >= 0.6 is 0 Å². The first kappa shape index (κ1) is 15.5. The molecule has 0 aliphatic carbocycles. The van der Waals surface area contributed by atoms with Crippen LogP contribution < -0.4 is 4.74 Å². The van der Waals surface area contributed by atoms with E-state index in [0.29, 0.717) is 18.3 Å². The fourth-order valence-electron chi connectivity index (χ4n) is 2.66. The van der Waals surface area contributed by atoms with Crippen LogP contribution in [0.15, 0.2) is 28.8 Å². The Bertz CT molecular complexity index is 689. The van der Waals surface area contributed by atoms with Gasteiger partial charge in [0.2, 0.25) is 17.6 Å². The van der Waals surface area contributed by atoms with Crippen LogP contribution in [0.2, 0.25) is 0 Å². The van der Waals surface area contributed by atoms with E-state index in [9.17, 15) is 9.18 Å². The van der Waals surface area contributed by atoms with E-state index in [4.69, 9.17) is 9.26 Å². The summed E-state index contributed by atoms with van der Waals surface area (Å²) in [5.41, 5.74) is 0. The van der Waals surface area contributed by atoms with E-state index in [0.717, 1.165) is 19.4 Å². The van der Waals surface area contributed by atoms with E-state index in [1.54, 1.807) is 30.0 Å². The summed E-state index contributed by atoms with van der Waals surface area (Å²) in [6, 6.07) is 6.16. The van der Waals surface area contributed by atoms with Gasteiger partial charge >= 0.3 is 0 Å². The van der Waals surface area contributed by atoms with Crippen molar-refractivity contribution in [3.05, 3.63) is 41.8 Å².